The largest absolute Gasteiger partial charge is 0.490 e. The number of carbonyl (C=O) groups is 2. The van der Waals surface area contributed by atoms with E-state index >= 15 is 0 Å². The standard InChI is InChI=1S/C25H33N3O4S.C2HF3O2/c1-2-19-8-6-7-11-24(19)33(31,32)26-23-13-12-21(18-22(23)25(29)30)28-16-14-27(15-17-28)20-9-4-3-5-10-20;3-2(4,5)1(6)7/h6-8,11-13,18,20,26H,2-5,9-10,14-17H2,1H3,(H,29,30);(H,6,7). The van der Waals surface area contributed by atoms with E-state index in [-0.39, 0.29) is 16.1 Å². The van der Waals surface area contributed by atoms with Crippen molar-refractivity contribution in [3.63, 3.8) is 0 Å². The first-order valence-electron chi connectivity index (χ1n) is 13.1. The van der Waals surface area contributed by atoms with Gasteiger partial charge in [0.05, 0.1) is 16.1 Å². The lowest BCUT2D eigenvalue weighted by Gasteiger charge is -2.41. The molecule has 9 nitrogen and oxygen atoms in total. The number of benzene rings is 2. The van der Waals surface area contributed by atoms with E-state index in [2.05, 4.69) is 14.5 Å². The van der Waals surface area contributed by atoms with Crippen LogP contribution in [-0.2, 0) is 21.2 Å². The van der Waals surface area contributed by atoms with E-state index in [4.69, 9.17) is 9.90 Å². The van der Waals surface area contributed by atoms with Gasteiger partial charge in [0.2, 0.25) is 0 Å². The van der Waals surface area contributed by atoms with Crippen LogP contribution in [0.1, 0.15) is 54.9 Å². The highest BCUT2D eigenvalue weighted by molar-refractivity contribution is 7.92. The summed E-state index contributed by atoms with van der Waals surface area (Å²) in [4.78, 5) is 25.8. The van der Waals surface area contributed by atoms with E-state index in [1.165, 1.54) is 32.1 Å². The Kier molecular flexibility index (Phi) is 10.4. The lowest BCUT2D eigenvalue weighted by atomic mass is 9.94. The van der Waals surface area contributed by atoms with Crippen LogP contribution in [0.5, 0.6) is 0 Å². The molecule has 13 heteroatoms. The Balaban J connectivity index is 0.000000559. The number of nitrogens with one attached hydrogen (secondary N) is 1. The van der Waals surface area contributed by atoms with E-state index in [9.17, 15) is 31.5 Å². The minimum absolute atomic E-state index is 0.0419. The van der Waals surface area contributed by atoms with E-state index < -0.39 is 28.1 Å². The lowest BCUT2D eigenvalue weighted by molar-refractivity contribution is -0.192. The van der Waals surface area contributed by atoms with Crippen LogP contribution in [0.3, 0.4) is 0 Å². The number of nitrogens with zero attached hydrogens (tertiary/aromatic N) is 2. The molecule has 0 spiro atoms. The summed E-state index contributed by atoms with van der Waals surface area (Å²) in [6, 6.07) is 12.4. The molecule has 2 fully saturated rings. The Morgan fingerprint density at radius 3 is 2.12 bits per heavy atom. The molecule has 2 aliphatic rings. The maximum atomic E-state index is 13.0. The Hall–Kier alpha value is -3.32. The fourth-order valence-electron chi connectivity index (χ4n) is 5.04. The van der Waals surface area contributed by atoms with Gasteiger partial charge in [0.1, 0.15) is 0 Å². The second kappa shape index (κ2) is 13.4. The summed E-state index contributed by atoms with van der Waals surface area (Å²) in [6.07, 6.45) is 2.00. The van der Waals surface area contributed by atoms with Gasteiger partial charge in [-0.15, -0.1) is 0 Å². The average Bonchev–Trinajstić information content (AvgIpc) is 2.93. The maximum Gasteiger partial charge on any atom is 0.490 e. The van der Waals surface area contributed by atoms with Crippen LogP contribution >= 0.6 is 0 Å². The van der Waals surface area contributed by atoms with Gasteiger partial charge in [-0.1, -0.05) is 44.4 Å². The van der Waals surface area contributed by atoms with Gasteiger partial charge in [-0.25, -0.2) is 18.0 Å². The second-order valence-corrected chi connectivity index (χ2v) is 11.4. The number of hydrogen-bond acceptors (Lipinski definition) is 6. The predicted octanol–water partition coefficient (Wildman–Crippen LogP) is 4.84. The first kappa shape index (κ1) is 31.2. The van der Waals surface area contributed by atoms with Gasteiger partial charge in [-0.2, -0.15) is 13.2 Å². The first-order chi connectivity index (χ1) is 18.8. The smallest absolute Gasteiger partial charge is 0.478 e. The summed E-state index contributed by atoms with van der Waals surface area (Å²) in [5, 5.41) is 16.9. The van der Waals surface area contributed by atoms with Gasteiger partial charge in [0, 0.05) is 37.9 Å². The number of aliphatic carboxylic acids is 1. The van der Waals surface area contributed by atoms with Crippen molar-refractivity contribution < 1.29 is 41.4 Å². The van der Waals surface area contributed by atoms with Crippen molar-refractivity contribution in [1.82, 2.24) is 4.90 Å². The number of piperazine rings is 1. The van der Waals surface area contributed by atoms with Gasteiger partial charge >= 0.3 is 18.1 Å². The first-order valence-corrected chi connectivity index (χ1v) is 14.6. The number of aromatic carboxylic acids is 1. The molecule has 1 aliphatic carbocycles. The number of rotatable bonds is 7. The zero-order valence-electron chi connectivity index (χ0n) is 22.2. The third kappa shape index (κ3) is 8.10. The molecule has 0 aromatic heterocycles. The fourth-order valence-corrected chi connectivity index (χ4v) is 6.44. The minimum Gasteiger partial charge on any atom is -0.478 e. The van der Waals surface area contributed by atoms with E-state index in [0.29, 0.717) is 18.0 Å². The molecule has 1 aliphatic heterocycles. The van der Waals surface area contributed by atoms with Crippen molar-refractivity contribution in [2.45, 2.75) is 62.6 Å². The van der Waals surface area contributed by atoms with Crippen molar-refractivity contribution in [3.8, 4) is 0 Å². The molecular weight excluding hydrogens is 551 g/mol. The van der Waals surface area contributed by atoms with Crippen molar-refractivity contribution >= 4 is 33.3 Å². The molecular formula is C27H34F3N3O6S. The number of alkyl halides is 3. The average molecular weight is 586 g/mol. The summed E-state index contributed by atoms with van der Waals surface area (Å²) in [6.45, 7) is 5.50. The van der Waals surface area contributed by atoms with Gasteiger partial charge in [0.15, 0.2) is 0 Å². The van der Waals surface area contributed by atoms with E-state index in [0.717, 1.165) is 31.9 Å². The van der Waals surface area contributed by atoms with Crippen molar-refractivity contribution in [3.05, 3.63) is 53.6 Å². The fraction of sp³-hybridized carbons (Fsp3) is 0.481. The molecule has 0 unspecified atom stereocenters. The Labute approximate surface area is 231 Å². The zero-order valence-corrected chi connectivity index (χ0v) is 23.0. The number of carboxylic acid groups (broad SMARTS) is 2. The van der Waals surface area contributed by atoms with Gasteiger partial charge < -0.3 is 15.1 Å². The Morgan fingerprint density at radius 2 is 1.57 bits per heavy atom. The third-order valence-corrected chi connectivity index (χ3v) is 8.60. The topological polar surface area (TPSA) is 127 Å². The monoisotopic (exact) mass is 585 g/mol. The number of halogens is 3. The molecule has 2 aromatic rings. The molecule has 0 radical (unpaired) electrons. The SMILES string of the molecule is CCc1ccccc1S(=O)(=O)Nc1ccc(N2CCN(C3CCCCC3)CC2)cc1C(=O)O.O=C(O)C(F)(F)F. The van der Waals surface area contributed by atoms with Gasteiger partial charge in [-0.3, -0.25) is 9.62 Å². The summed E-state index contributed by atoms with van der Waals surface area (Å²) in [5.74, 6) is -3.91. The van der Waals surface area contributed by atoms with Crippen LogP contribution in [0.15, 0.2) is 47.4 Å². The van der Waals surface area contributed by atoms with Crippen LogP contribution < -0.4 is 9.62 Å². The van der Waals surface area contributed by atoms with E-state index in [1.807, 2.05) is 13.0 Å². The molecule has 4 rings (SSSR count). The molecule has 3 N–H and O–H groups in total. The zero-order chi connectivity index (χ0) is 29.5. The number of sulfonamides is 1. The summed E-state index contributed by atoms with van der Waals surface area (Å²) in [5.41, 5.74) is 1.54. The molecule has 40 heavy (non-hydrogen) atoms. The van der Waals surface area contributed by atoms with E-state index in [1.54, 1.807) is 36.4 Å². The predicted molar refractivity (Wildman–Crippen MR) is 144 cm³/mol. The molecule has 2 aromatic carbocycles. The molecule has 0 atom stereocenters. The normalized spacial score (nSPS) is 17.1. The van der Waals surface area contributed by atoms with Crippen LogP contribution in [0.2, 0.25) is 0 Å². The summed E-state index contributed by atoms with van der Waals surface area (Å²) >= 11 is 0. The highest BCUT2D eigenvalue weighted by Crippen LogP contribution is 2.29. The van der Waals surface area contributed by atoms with Crippen molar-refractivity contribution in [2.24, 2.45) is 0 Å². The summed E-state index contributed by atoms with van der Waals surface area (Å²) in [7, 11) is -3.90. The van der Waals surface area contributed by atoms with Crippen molar-refractivity contribution in [1.29, 1.82) is 0 Å². The molecule has 0 amide bonds. The quantitative estimate of drug-likeness (QED) is 0.422. The number of anilines is 2. The number of carboxylic acids is 2. The van der Waals surface area contributed by atoms with Crippen LogP contribution in [-0.4, -0.2) is 73.9 Å². The van der Waals surface area contributed by atoms with Gasteiger partial charge in [0.25, 0.3) is 10.0 Å². The molecule has 0 bridgehead atoms. The summed E-state index contributed by atoms with van der Waals surface area (Å²) < 4.78 is 60.3. The third-order valence-electron chi connectivity index (χ3n) is 7.13. The van der Waals surface area contributed by atoms with Crippen LogP contribution in [0.4, 0.5) is 24.5 Å². The highest BCUT2D eigenvalue weighted by atomic mass is 32.2. The number of aryl methyl sites for hydroxylation is 1. The molecule has 220 valence electrons. The Bertz CT molecular complexity index is 1290. The minimum atomic E-state index is -5.08. The maximum absolute atomic E-state index is 13.0. The Morgan fingerprint density at radius 1 is 0.975 bits per heavy atom. The lowest BCUT2D eigenvalue weighted by Crippen LogP contribution is -2.50. The molecule has 1 saturated heterocycles. The molecule has 1 saturated carbocycles. The van der Waals surface area contributed by atoms with Gasteiger partial charge in [-0.05, 0) is 49.1 Å². The van der Waals surface area contributed by atoms with Crippen molar-refractivity contribution in [2.75, 3.05) is 35.8 Å². The van der Waals surface area contributed by atoms with Crippen LogP contribution in [0, 0.1) is 0 Å². The second-order valence-electron chi connectivity index (χ2n) is 9.72. The number of hydrogen-bond donors (Lipinski definition) is 3. The van der Waals surface area contributed by atoms with Crippen LogP contribution in [0.25, 0.3) is 0 Å². The molecule has 1 heterocycles. The highest BCUT2D eigenvalue weighted by Gasteiger charge is 2.38.